The summed E-state index contributed by atoms with van der Waals surface area (Å²) in [6.07, 6.45) is 5.01. The fourth-order valence-electron chi connectivity index (χ4n) is 3.48. The lowest BCUT2D eigenvalue weighted by Gasteiger charge is -2.36. The molecule has 3 rings (SSSR count). The first-order valence-electron chi connectivity index (χ1n) is 10.2. The Labute approximate surface area is 172 Å². The highest BCUT2D eigenvalue weighted by Gasteiger charge is 2.52. The molecule has 160 valence electrons. The van der Waals surface area contributed by atoms with Gasteiger partial charge in [0.1, 0.15) is 0 Å². The standard InChI is InChI=1S/C19H31BN4O5/c1-18(2)19(3,4)29-20(28-18)13-9-22-17(23-10-13)24-8-6-5-7-14(24)11-21-16(27)15(26)12-25/h9-10,14-15,25-26H,5-8,11-12H2,1-4H3,(H,21,27)/t14-,15+/m1/s1. The molecule has 3 heterocycles. The minimum Gasteiger partial charge on any atom is -0.399 e. The minimum absolute atomic E-state index is 0.0290. The number of aliphatic hydroxyl groups excluding tert-OH is 2. The van der Waals surface area contributed by atoms with Crippen molar-refractivity contribution in [3.05, 3.63) is 12.4 Å². The van der Waals surface area contributed by atoms with E-state index in [1.54, 1.807) is 12.4 Å². The van der Waals surface area contributed by atoms with E-state index in [0.717, 1.165) is 31.3 Å². The van der Waals surface area contributed by atoms with Gasteiger partial charge >= 0.3 is 7.12 Å². The van der Waals surface area contributed by atoms with Crippen LogP contribution in [0.3, 0.4) is 0 Å². The second-order valence-corrected chi connectivity index (χ2v) is 8.69. The van der Waals surface area contributed by atoms with Crippen molar-refractivity contribution < 1.29 is 24.3 Å². The highest BCUT2D eigenvalue weighted by Crippen LogP contribution is 2.36. The van der Waals surface area contributed by atoms with E-state index in [1.165, 1.54) is 0 Å². The molecular weight excluding hydrogens is 375 g/mol. The number of aliphatic hydroxyl groups is 2. The molecule has 0 aromatic carbocycles. The van der Waals surface area contributed by atoms with Crippen molar-refractivity contribution in [1.29, 1.82) is 0 Å². The average molecular weight is 406 g/mol. The van der Waals surface area contributed by atoms with Crippen LogP contribution >= 0.6 is 0 Å². The molecule has 2 saturated heterocycles. The maximum Gasteiger partial charge on any atom is 0.498 e. The largest absolute Gasteiger partial charge is 0.498 e. The van der Waals surface area contributed by atoms with Crippen molar-refractivity contribution in [1.82, 2.24) is 15.3 Å². The number of hydrogen-bond acceptors (Lipinski definition) is 8. The zero-order valence-electron chi connectivity index (χ0n) is 17.6. The molecule has 1 amide bonds. The highest BCUT2D eigenvalue weighted by molar-refractivity contribution is 6.61. The van der Waals surface area contributed by atoms with E-state index < -0.39 is 36.9 Å². The molecule has 2 fully saturated rings. The van der Waals surface area contributed by atoms with Crippen LogP contribution < -0.4 is 15.7 Å². The van der Waals surface area contributed by atoms with Crippen molar-refractivity contribution >= 4 is 24.4 Å². The number of aromatic nitrogens is 2. The van der Waals surface area contributed by atoms with Gasteiger partial charge in [0.25, 0.3) is 5.91 Å². The molecule has 2 atom stereocenters. The van der Waals surface area contributed by atoms with E-state index in [1.807, 2.05) is 27.7 Å². The number of hydrogen-bond donors (Lipinski definition) is 3. The van der Waals surface area contributed by atoms with Crippen LogP contribution in [0.2, 0.25) is 0 Å². The van der Waals surface area contributed by atoms with Crippen molar-refractivity contribution in [2.45, 2.75) is 70.3 Å². The van der Waals surface area contributed by atoms with Crippen molar-refractivity contribution in [3.63, 3.8) is 0 Å². The zero-order valence-corrected chi connectivity index (χ0v) is 17.6. The van der Waals surface area contributed by atoms with Crippen LogP contribution in [0.15, 0.2) is 12.4 Å². The smallest absolute Gasteiger partial charge is 0.399 e. The first-order valence-corrected chi connectivity index (χ1v) is 10.2. The molecule has 0 aliphatic carbocycles. The van der Waals surface area contributed by atoms with Crippen LogP contribution in [-0.2, 0) is 14.1 Å². The second-order valence-electron chi connectivity index (χ2n) is 8.69. The Hall–Kier alpha value is -1.75. The SMILES string of the molecule is CC1(C)OB(c2cnc(N3CCCC[C@@H]3CNC(=O)[C@@H](O)CO)nc2)OC1(C)C. The van der Waals surface area contributed by atoms with Gasteiger partial charge in [-0.25, -0.2) is 9.97 Å². The van der Waals surface area contributed by atoms with Gasteiger partial charge in [-0.1, -0.05) is 0 Å². The third-order valence-electron chi connectivity index (χ3n) is 6.06. The number of nitrogens with one attached hydrogen (secondary N) is 1. The van der Waals surface area contributed by atoms with Crippen molar-refractivity contribution in [3.8, 4) is 0 Å². The first kappa shape index (κ1) is 22.0. The topological polar surface area (TPSA) is 117 Å². The van der Waals surface area contributed by atoms with Gasteiger partial charge in [0.05, 0.1) is 17.8 Å². The third kappa shape index (κ3) is 4.71. The van der Waals surface area contributed by atoms with Crippen LogP contribution in [-0.4, -0.2) is 76.3 Å². The number of rotatable bonds is 6. The molecule has 10 heteroatoms. The summed E-state index contributed by atoms with van der Waals surface area (Å²) in [5, 5.41) is 21.0. The number of anilines is 1. The Kier molecular flexibility index (Phi) is 6.47. The monoisotopic (exact) mass is 406 g/mol. The number of amides is 1. The molecule has 0 radical (unpaired) electrons. The van der Waals surface area contributed by atoms with Crippen LogP contribution in [0.25, 0.3) is 0 Å². The fraction of sp³-hybridized carbons (Fsp3) is 0.737. The third-order valence-corrected chi connectivity index (χ3v) is 6.06. The summed E-state index contributed by atoms with van der Waals surface area (Å²) in [6.45, 7) is 8.57. The Morgan fingerprint density at radius 3 is 2.48 bits per heavy atom. The number of carbonyl (C=O) groups is 1. The quantitative estimate of drug-likeness (QED) is 0.547. The zero-order chi connectivity index (χ0) is 21.2. The van der Waals surface area contributed by atoms with Gasteiger partial charge in [-0.15, -0.1) is 0 Å². The van der Waals surface area contributed by atoms with E-state index in [9.17, 15) is 9.90 Å². The lowest BCUT2D eigenvalue weighted by molar-refractivity contribution is -0.131. The Morgan fingerprint density at radius 1 is 1.28 bits per heavy atom. The first-order chi connectivity index (χ1) is 13.6. The summed E-state index contributed by atoms with van der Waals surface area (Å²) >= 11 is 0. The molecule has 3 N–H and O–H groups in total. The van der Waals surface area contributed by atoms with E-state index in [0.29, 0.717) is 12.5 Å². The summed E-state index contributed by atoms with van der Waals surface area (Å²) in [7, 11) is -0.509. The highest BCUT2D eigenvalue weighted by atomic mass is 16.7. The molecule has 1 aromatic heterocycles. The summed E-state index contributed by atoms with van der Waals surface area (Å²) < 4.78 is 12.1. The van der Waals surface area contributed by atoms with Gasteiger partial charge < -0.3 is 29.7 Å². The summed E-state index contributed by atoms with van der Waals surface area (Å²) in [5.74, 6) is 0.0157. The molecule has 0 saturated carbocycles. The Morgan fingerprint density at radius 2 is 1.90 bits per heavy atom. The van der Waals surface area contributed by atoms with E-state index in [4.69, 9.17) is 14.4 Å². The van der Waals surface area contributed by atoms with Crippen molar-refractivity contribution in [2.75, 3.05) is 24.6 Å². The Balaban J connectivity index is 1.67. The number of carbonyl (C=O) groups excluding carboxylic acids is 1. The van der Waals surface area contributed by atoms with E-state index in [-0.39, 0.29) is 6.04 Å². The minimum atomic E-state index is -1.40. The molecule has 2 aliphatic rings. The number of nitrogens with zero attached hydrogens (tertiary/aromatic N) is 3. The predicted molar refractivity (Wildman–Crippen MR) is 109 cm³/mol. The van der Waals surface area contributed by atoms with Crippen LogP contribution in [0.4, 0.5) is 5.95 Å². The van der Waals surface area contributed by atoms with Gasteiger partial charge in [0, 0.05) is 37.0 Å². The summed E-state index contributed by atoms with van der Waals surface area (Å²) in [4.78, 5) is 22.9. The van der Waals surface area contributed by atoms with E-state index in [2.05, 4.69) is 20.2 Å². The van der Waals surface area contributed by atoms with Crippen LogP contribution in [0.5, 0.6) is 0 Å². The fourth-order valence-corrected chi connectivity index (χ4v) is 3.48. The average Bonchev–Trinajstić information content (AvgIpc) is 2.93. The summed E-state index contributed by atoms with van der Waals surface area (Å²) in [5.41, 5.74) is -0.0857. The predicted octanol–water partition coefficient (Wildman–Crippen LogP) is -0.396. The van der Waals surface area contributed by atoms with Crippen LogP contribution in [0.1, 0.15) is 47.0 Å². The molecule has 29 heavy (non-hydrogen) atoms. The number of piperidine rings is 1. The molecule has 9 nitrogen and oxygen atoms in total. The maximum atomic E-state index is 11.8. The second kappa shape index (κ2) is 8.55. The van der Waals surface area contributed by atoms with Crippen LogP contribution in [0, 0.1) is 0 Å². The Bertz CT molecular complexity index is 699. The van der Waals surface area contributed by atoms with Gasteiger partial charge in [-0.05, 0) is 47.0 Å². The van der Waals surface area contributed by atoms with Crippen molar-refractivity contribution in [2.24, 2.45) is 0 Å². The molecule has 1 aromatic rings. The maximum absolute atomic E-state index is 11.8. The van der Waals surface area contributed by atoms with Gasteiger partial charge in [-0.3, -0.25) is 4.79 Å². The van der Waals surface area contributed by atoms with Gasteiger partial charge in [-0.2, -0.15) is 0 Å². The molecule has 0 unspecified atom stereocenters. The molecule has 0 spiro atoms. The normalized spacial score (nSPS) is 24.4. The van der Waals surface area contributed by atoms with E-state index >= 15 is 0 Å². The molecule has 0 bridgehead atoms. The lowest BCUT2D eigenvalue weighted by atomic mass is 9.81. The molecule has 2 aliphatic heterocycles. The van der Waals surface area contributed by atoms with Gasteiger partial charge in [0.15, 0.2) is 6.10 Å². The molecular formula is C19H31BN4O5. The summed E-state index contributed by atoms with van der Waals surface area (Å²) in [6, 6.07) is 0.0290. The lowest BCUT2D eigenvalue weighted by Crippen LogP contribution is -2.49. The van der Waals surface area contributed by atoms with Gasteiger partial charge in [0.2, 0.25) is 5.95 Å².